The smallest absolute Gasteiger partial charge is 0.224 e. The van der Waals surface area contributed by atoms with Crippen LogP contribution in [0.25, 0.3) is 22.2 Å². The minimum atomic E-state index is 0.583. The second-order valence-corrected chi connectivity index (χ2v) is 7.07. The van der Waals surface area contributed by atoms with Crippen molar-refractivity contribution in [1.82, 2.24) is 20.2 Å². The Bertz CT molecular complexity index is 880. The highest BCUT2D eigenvalue weighted by atomic mass is 16.5. The number of methoxy groups -OCH3 is 1. The molecule has 1 fully saturated rings. The number of ether oxygens (including phenoxy) is 1. The number of piperidine rings is 1. The average molecular weight is 337 g/mol. The lowest BCUT2D eigenvalue weighted by molar-refractivity contribution is 0.355. The second kappa shape index (κ2) is 6.35. The van der Waals surface area contributed by atoms with Crippen LogP contribution < -0.4 is 9.64 Å². The molecule has 6 nitrogen and oxygen atoms in total. The molecular formula is C19H23N5O. The lowest BCUT2D eigenvalue weighted by atomic mass is 9.92. The van der Waals surface area contributed by atoms with Gasteiger partial charge in [0.05, 0.1) is 18.0 Å². The van der Waals surface area contributed by atoms with Crippen LogP contribution in [0.4, 0.5) is 5.82 Å². The third kappa shape index (κ3) is 2.92. The summed E-state index contributed by atoms with van der Waals surface area (Å²) in [6.45, 7) is 6.72. The molecule has 0 spiro atoms. The van der Waals surface area contributed by atoms with E-state index in [9.17, 15) is 0 Å². The van der Waals surface area contributed by atoms with Gasteiger partial charge in [0.2, 0.25) is 5.88 Å². The molecule has 4 rings (SSSR count). The van der Waals surface area contributed by atoms with Crippen molar-refractivity contribution in [2.75, 3.05) is 25.1 Å². The molecule has 1 N–H and O–H groups in total. The molecule has 1 saturated heterocycles. The van der Waals surface area contributed by atoms with Gasteiger partial charge in [0.25, 0.3) is 0 Å². The molecule has 0 aromatic carbocycles. The Morgan fingerprint density at radius 1 is 1.12 bits per heavy atom. The number of aromatic amines is 1. The van der Waals surface area contributed by atoms with Crippen LogP contribution in [0, 0.1) is 11.8 Å². The van der Waals surface area contributed by atoms with Gasteiger partial charge < -0.3 is 9.64 Å². The Morgan fingerprint density at radius 2 is 1.88 bits per heavy atom. The first-order chi connectivity index (χ1) is 12.2. The zero-order valence-corrected chi connectivity index (χ0v) is 14.9. The molecule has 3 aromatic heterocycles. The van der Waals surface area contributed by atoms with E-state index in [2.05, 4.69) is 45.0 Å². The molecule has 3 aromatic rings. The van der Waals surface area contributed by atoms with Crippen LogP contribution in [0.2, 0.25) is 0 Å². The third-order valence-electron chi connectivity index (χ3n) is 4.85. The molecule has 25 heavy (non-hydrogen) atoms. The van der Waals surface area contributed by atoms with E-state index in [-0.39, 0.29) is 0 Å². The number of pyridine rings is 2. The number of hydrogen-bond acceptors (Lipinski definition) is 5. The Morgan fingerprint density at radius 3 is 2.64 bits per heavy atom. The van der Waals surface area contributed by atoms with E-state index in [1.165, 1.54) is 6.42 Å². The summed E-state index contributed by atoms with van der Waals surface area (Å²) in [7, 11) is 1.63. The highest BCUT2D eigenvalue weighted by Crippen LogP contribution is 2.33. The molecule has 0 aliphatic carbocycles. The minimum absolute atomic E-state index is 0.583. The zero-order chi connectivity index (χ0) is 17.4. The first-order valence-electron chi connectivity index (χ1n) is 8.74. The molecular weight excluding hydrogens is 314 g/mol. The summed E-state index contributed by atoms with van der Waals surface area (Å²) >= 11 is 0. The summed E-state index contributed by atoms with van der Waals surface area (Å²) in [4.78, 5) is 11.3. The normalized spacial score (nSPS) is 20.8. The average Bonchev–Trinajstić information content (AvgIpc) is 3.05. The number of hydrogen-bond donors (Lipinski definition) is 1. The van der Waals surface area contributed by atoms with Gasteiger partial charge in [-0.15, -0.1) is 0 Å². The van der Waals surface area contributed by atoms with E-state index in [1.807, 2.05) is 18.3 Å². The molecule has 1 aliphatic rings. The van der Waals surface area contributed by atoms with E-state index < -0.39 is 0 Å². The highest BCUT2D eigenvalue weighted by molar-refractivity contribution is 5.96. The lowest BCUT2D eigenvalue weighted by Crippen LogP contribution is -2.39. The molecule has 0 amide bonds. The van der Waals surface area contributed by atoms with Crippen LogP contribution in [0.5, 0.6) is 5.88 Å². The summed E-state index contributed by atoms with van der Waals surface area (Å²) in [5.74, 6) is 2.96. The Labute approximate surface area is 147 Å². The fraction of sp³-hybridized carbons (Fsp3) is 0.421. The van der Waals surface area contributed by atoms with Crippen molar-refractivity contribution >= 4 is 16.7 Å². The molecule has 1 aliphatic heterocycles. The van der Waals surface area contributed by atoms with Gasteiger partial charge in [-0.25, -0.2) is 9.97 Å². The molecule has 2 atom stereocenters. The highest BCUT2D eigenvalue weighted by Gasteiger charge is 2.23. The standard InChI is InChI=1S/C19H23N5O/c1-12-8-13(2)11-24(10-12)16-9-14(4-6-20-16)18-17-15(22-23-18)5-7-21-19(17)25-3/h4-7,9,12-13H,8,10-11H2,1-3H3,(H,22,23). The topological polar surface area (TPSA) is 66.9 Å². The largest absolute Gasteiger partial charge is 0.480 e. The van der Waals surface area contributed by atoms with Crippen molar-refractivity contribution < 1.29 is 4.74 Å². The van der Waals surface area contributed by atoms with Gasteiger partial charge in [-0.3, -0.25) is 5.10 Å². The van der Waals surface area contributed by atoms with E-state index in [0.717, 1.165) is 41.1 Å². The Balaban J connectivity index is 1.75. The number of nitrogens with zero attached hydrogens (tertiary/aromatic N) is 4. The van der Waals surface area contributed by atoms with Crippen molar-refractivity contribution in [2.24, 2.45) is 11.8 Å². The van der Waals surface area contributed by atoms with Gasteiger partial charge in [-0.1, -0.05) is 13.8 Å². The van der Waals surface area contributed by atoms with E-state index in [1.54, 1.807) is 13.3 Å². The van der Waals surface area contributed by atoms with Crippen LogP contribution in [0.3, 0.4) is 0 Å². The van der Waals surface area contributed by atoms with E-state index in [4.69, 9.17) is 4.74 Å². The molecule has 0 bridgehead atoms. The fourth-order valence-electron chi connectivity index (χ4n) is 3.89. The van der Waals surface area contributed by atoms with Gasteiger partial charge in [-0.2, -0.15) is 5.10 Å². The summed E-state index contributed by atoms with van der Waals surface area (Å²) < 4.78 is 5.43. The van der Waals surface area contributed by atoms with E-state index in [0.29, 0.717) is 17.7 Å². The second-order valence-electron chi connectivity index (χ2n) is 7.07. The predicted molar refractivity (Wildman–Crippen MR) is 98.8 cm³/mol. The quantitative estimate of drug-likeness (QED) is 0.792. The molecule has 4 heterocycles. The fourth-order valence-corrected chi connectivity index (χ4v) is 3.89. The molecule has 0 radical (unpaired) electrons. The molecule has 6 heteroatoms. The van der Waals surface area contributed by atoms with Crippen LogP contribution in [0.15, 0.2) is 30.6 Å². The number of H-pyrrole nitrogens is 1. The predicted octanol–water partition coefficient (Wildman–Crippen LogP) is 3.51. The van der Waals surface area contributed by atoms with Gasteiger partial charge in [0.15, 0.2) is 0 Å². The van der Waals surface area contributed by atoms with Crippen molar-refractivity contribution in [1.29, 1.82) is 0 Å². The Kier molecular flexibility index (Phi) is 4.03. The number of rotatable bonds is 3. The monoisotopic (exact) mass is 337 g/mol. The van der Waals surface area contributed by atoms with Crippen LogP contribution in [0.1, 0.15) is 20.3 Å². The zero-order valence-electron chi connectivity index (χ0n) is 14.9. The maximum atomic E-state index is 5.43. The minimum Gasteiger partial charge on any atom is -0.480 e. The maximum Gasteiger partial charge on any atom is 0.224 e. The maximum absolute atomic E-state index is 5.43. The van der Waals surface area contributed by atoms with Crippen molar-refractivity contribution in [3.8, 4) is 17.1 Å². The number of nitrogens with one attached hydrogen (secondary N) is 1. The van der Waals surface area contributed by atoms with Gasteiger partial charge >= 0.3 is 0 Å². The first kappa shape index (κ1) is 15.9. The van der Waals surface area contributed by atoms with Gasteiger partial charge in [-0.05, 0) is 36.5 Å². The van der Waals surface area contributed by atoms with Crippen molar-refractivity contribution in [2.45, 2.75) is 20.3 Å². The van der Waals surface area contributed by atoms with Crippen LogP contribution in [-0.2, 0) is 0 Å². The molecule has 2 unspecified atom stereocenters. The SMILES string of the molecule is COc1nccc2[nH]nc(-c3ccnc(N4CC(C)CC(C)C4)c3)c12. The molecule has 0 saturated carbocycles. The first-order valence-corrected chi connectivity index (χ1v) is 8.74. The Hall–Kier alpha value is -2.63. The van der Waals surface area contributed by atoms with Crippen molar-refractivity contribution in [3.05, 3.63) is 30.6 Å². The summed E-state index contributed by atoms with van der Waals surface area (Å²) in [5.41, 5.74) is 2.79. The summed E-state index contributed by atoms with van der Waals surface area (Å²) in [6, 6.07) is 6.01. The third-order valence-corrected chi connectivity index (χ3v) is 4.85. The van der Waals surface area contributed by atoms with E-state index >= 15 is 0 Å². The van der Waals surface area contributed by atoms with Gasteiger partial charge in [0.1, 0.15) is 11.5 Å². The van der Waals surface area contributed by atoms with Crippen LogP contribution >= 0.6 is 0 Å². The van der Waals surface area contributed by atoms with Gasteiger partial charge in [0, 0.05) is 31.0 Å². The lowest BCUT2D eigenvalue weighted by Gasteiger charge is -2.35. The summed E-state index contributed by atoms with van der Waals surface area (Å²) in [5, 5.41) is 8.47. The summed E-state index contributed by atoms with van der Waals surface area (Å²) in [6.07, 6.45) is 4.86. The van der Waals surface area contributed by atoms with Crippen molar-refractivity contribution in [3.63, 3.8) is 0 Å². The van der Waals surface area contributed by atoms with Crippen LogP contribution in [-0.4, -0.2) is 40.4 Å². The number of anilines is 1. The molecule has 130 valence electrons. The number of aromatic nitrogens is 4. The number of fused-ring (bicyclic) bond motifs is 1.